The van der Waals surface area contributed by atoms with E-state index in [1.54, 1.807) is 6.92 Å². The fourth-order valence-corrected chi connectivity index (χ4v) is 3.12. The summed E-state index contributed by atoms with van der Waals surface area (Å²) in [5.41, 5.74) is 5.27. The molecule has 5 nitrogen and oxygen atoms in total. The van der Waals surface area contributed by atoms with Gasteiger partial charge in [-0.05, 0) is 18.1 Å². The number of nitro benzene ring substituents is 1. The number of hydrogen-bond donors (Lipinski definition) is 1. The molecule has 2 rings (SSSR count). The van der Waals surface area contributed by atoms with Gasteiger partial charge in [-0.2, -0.15) is 9.65 Å². The van der Waals surface area contributed by atoms with Crippen molar-refractivity contribution in [1.82, 2.24) is 0 Å². The van der Waals surface area contributed by atoms with Gasteiger partial charge < -0.3 is 5.73 Å². The van der Waals surface area contributed by atoms with Crippen molar-refractivity contribution in [3.63, 3.8) is 0 Å². The van der Waals surface area contributed by atoms with E-state index in [1.165, 1.54) is 0 Å². The van der Waals surface area contributed by atoms with Gasteiger partial charge in [0.25, 0.3) is 0 Å². The maximum Gasteiger partial charge on any atom is 0.308 e. The van der Waals surface area contributed by atoms with Crippen LogP contribution in [0.1, 0.15) is 17.4 Å². The lowest BCUT2D eigenvalue weighted by Crippen LogP contribution is -1.98. The first-order chi connectivity index (χ1) is 9.90. The zero-order chi connectivity index (χ0) is 15.7. The van der Waals surface area contributed by atoms with Crippen LogP contribution in [0.2, 0.25) is 0 Å². The number of hydrogen-bond acceptors (Lipinski definition) is 5. The van der Waals surface area contributed by atoms with E-state index in [2.05, 4.69) is 0 Å². The zero-order valence-electron chi connectivity index (χ0n) is 10.8. The number of rotatable bonds is 3. The SMILES string of the molecule is CCc1c(-c2cc(F)cc([N+](=O)[O-])c2F)sc(C#N)c1N. The summed E-state index contributed by atoms with van der Waals surface area (Å²) < 4.78 is 27.7. The summed E-state index contributed by atoms with van der Waals surface area (Å²) in [6, 6.07) is 3.26. The Balaban J connectivity index is 2.79. The number of nitro groups is 1. The second-order valence-electron chi connectivity index (χ2n) is 4.16. The fraction of sp³-hybridized carbons (Fsp3) is 0.154. The van der Waals surface area contributed by atoms with E-state index >= 15 is 0 Å². The quantitative estimate of drug-likeness (QED) is 0.692. The van der Waals surface area contributed by atoms with Gasteiger partial charge in [-0.15, -0.1) is 11.3 Å². The molecule has 8 heteroatoms. The van der Waals surface area contributed by atoms with E-state index in [0.29, 0.717) is 18.1 Å². The van der Waals surface area contributed by atoms with Crippen LogP contribution in [0.3, 0.4) is 0 Å². The maximum atomic E-state index is 14.2. The van der Waals surface area contributed by atoms with Crippen molar-refractivity contribution in [1.29, 1.82) is 5.26 Å². The minimum atomic E-state index is -1.14. The molecule has 0 atom stereocenters. The predicted octanol–water partition coefficient (Wildman–Crippen LogP) is 3.62. The summed E-state index contributed by atoms with van der Waals surface area (Å²) in [6.45, 7) is 1.74. The molecule has 1 heterocycles. The molecule has 0 aliphatic rings. The van der Waals surface area contributed by atoms with Crippen molar-refractivity contribution >= 4 is 22.7 Å². The van der Waals surface area contributed by atoms with Crippen LogP contribution in [0.15, 0.2) is 12.1 Å². The number of nitrogens with zero attached hydrogens (tertiary/aromatic N) is 2. The highest BCUT2D eigenvalue weighted by Gasteiger charge is 2.25. The second-order valence-corrected chi connectivity index (χ2v) is 5.18. The Kier molecular flexibility index (Phi) is 3.86. The van der Waals surface area contributed by atoms with Crippen LogP contribution in [0, 0.1) is 33.1 Å². The van der Waals surface area contributed by atoms with E-state index in [9.17, 15) is 18.9 Å². The van der Waals surface area contributed by atoms with Crippen molar-refractivity contribution in [3.8, 4) is 16.5 Å². The monoisotopic (exact) mass is 309 g/mol. The molecule has 0 aliphatic heterocycles. The molecule has 1 aromatic carbocycles. The first-order valence-corrected chi connectivity index (χ1v) is 6.67. The average molecular weight is 309 g/mol. The Morgan fingerprint density at radius 3 is 2.67 bits per heavy atom. The average Bonchev–Trinajstić information content (AvgIpc) is 2.76. The molecular formula is C13H9F2N3O2S. The van der Waals surface area contributed by atoms with Crippen LogP contribution in [0.25, 0.3) is 10.4 Å². The summed E-state index contributed by atoms with van der Waals surface area (Å²) in [6.07, 6.45) is 0.392. The van der Waals surface area contributed by atoms with E-state index < -0.39 is 22.2 Å². The molecule has 0 saturated carbocycles. The van der Waals surface area contributed by atoms with Crippen molar-refractivity contribution in [3.05, 3.63) is 44.3 Å². The van der Waals surface area contributed by atoms with Gasteiger partial charge in [0, 0.05) is 10.4 Å². The van der Waals surface area contributed by atoms with Gasteiger partial charge >= 0.3 is 5.69 Å². The van der Waals surface area contributed by atoms with Gasteiger partial charge in [0.15, 0.2) is 0 Å². The molecule has 0 aliphatic carbocycles. The standard InChI is InChI=1S/C13H9F2N3O2S/c1-2-7-12(17)10(5-16)21-13(7)8-3-6(14)4-9(11(8)15)18(19)20/h3-4H,2,17H2,1H3. The summed E-state index contributed by atoms with van der Waals surface area (Å²) in [5, 5.41) is 19.7. The third-order valence-corrected chi connectivity index (χ3v) is 4.15. The minimum Gasteiger partial charge on any atom is -0.397 e. The summed E-state index contributed by atoms with van der Waals surface area (Å²) >= 11 is 0.892. The zero-order valence-corrected chi connectivity index (χ0v) is 11.6. The molecule has 0 fully saturated rings. The number of nitriles is 1. The fourth-order valence-electron chi connectivity index (χ4n) is 2.00. The Labute approximate surface area is 122 Å². The lowest BCUT2D eigenvalue weighted by molar-refractivity contribution is -0.387. The smallest absolute Gasteiger partial charge is 0.308 e. The molecule has 0 radical (unpaired) electrons. The highest BCUT2D eigenvalue weighted by molar-refractivity contribution is 7.16. The van der Waals surface area contributed by atoms with Crippen molar-refractivity contribution in [2.75, 3.05) is 5.73 Å². The lowest BCUT2D eigenvalue weighted by Gasteiger charge is -2.05. The molecule has 0 spiro atoms. The van der Waals surface area contributed by atoms with Crippen LogP contribution in [0.5, 0.6) is 0 Å². The minimum absolute atomic E-state index is 0.174. The third-order valence-electron chi connectivity index (χ3n) is 2.96. The van der Waals surface area contributed by atoms with Crippen molar-refractivity contribution in [2.45, 2.75) is 13.3 Å². The van der Waals surface area contributed by atoms with E-state index in [-0.39, 0.29) is 21.0 Å². The van der Waals surface area contributed by atoms with Gasteiger partial charge in [0.05, 0.1) is 16.7 Å². The Bertz CT molecular complexity index is 781. The number of thiophene rings is 1. The van der Waals surface area contributed by atoms with Gasteiger partial charge in [0.1, 0.15) is 16.8 Å². The van der Waals surface area contributed by atoms with Gasteiger partial charge in [-0.1, -0.05) is 6.92 Å². The molecule has 0 saturated heterocycles. The van der Waals surface area contributed by atoms with Crippen LogP contribution in [-0.2, 0) is 6.42 Å². The van der Waals surface area contributed by atoms with Gasteiger partial charge in [-0.25, -0.2) is 4.39 Å². The molecule has 21 heavy (non-hydrogen) atoms. The first-order valence-electron chi connectivity index (χ1n) is 5.85. The van der Waals surface area contributed by atoms with Crippen molar-refractivity contribution in [2.24, 2.45) is 0 Å². The summed E-state index contributed by atoms with van der Waals surface area (Å²) in [7, 11) is 0. The molecule has 2 aromatic rings. The van der Waals surface area contributed by atoms with Crippen LogP contribution in [0.4, 0.5) is 20.2 Å². The molecule has 1 aromatic heterocycles. The van der Waals surface area contributed by atoms with Gasteiger partial charge in [0.2, 0.25) is 5.82 Å². The molecular weight excluding hydrogens is 300 g/mol. The number of nitrogen functional groups attached to an aromatic ring is 1. The summed E-state index contributed by atoms with van der Waals surface area (Å²) in [4.78, 5) is 10.2. The molecule has 0 amide bonds. The number of nitrogens with two attached hydrogens (primary N) is 1. The summed E-state index contributed by atoms with van der Waals surface area (Å²) in [5.74, 6) is -2.06. The predicted molar refractivity (Wildman–Crippen MR) is 74.8 cm³/mol. The molecule has 0 unspecified atom stereocenters. The highest BCUT2D eigenvalue weighted by atomic mass is 32.1. The Morgan fingerprint density at radius 2 is 2.14 bits per heavy atom. The largest absolute Gasteiger partial charge is 0.397 e. The van der Waals surface area contributed by atoms with Crippen LogP contribution < -0.4 is 5.73 Å². The lowest BCUT2D eigenvalue weighted by atomic mass is 10.0. The van der Waals surface area contributed by atoms with Gasteiger partial charge in [-0.3, -0.25) is 10.1 Å². The molecule has 2 N–H and O–H groups in total. The second kappa shape index (κ2) is 5.46. The van der Waals surface area contributed by atoms with Crippen LogP contribution in [-0.4, -0.2) is 4.92 Å². The first kappa shape index (κ1) is 14.9. The highest BCUT2D eigenvalue weighted by Crippen LogP contribution is 2.41. The molecule has 108 valence electrons. The van der Waals surface area contributed by atoms with Crippen molar-refractivity contribution < 1.29 is 13.7 Å². The molecule has 0 bridgehead atoms. The third kappa shape index (κ3) is 2.43. The number of anilines is 1. The van der Waals surface area contributed by atoms with E-state index in [4.69, 9.17) is 11.0 Å². The number of benzene rings is 1. The van der Waals surface area contributed by atoms with E-state index in [0.717, 1.165) is 17.4 Å². The van der Waals surface area contributed by atoms with E-state index in [1.807, 2.05) is 6.07 Å². The Hall–Kier alpha value is -2.53. The maximum absolute atomic E-state index is 14.2. The Morgan fingerprint density at radius 1 is 1.48 bits per heavy atom. The normalized spacial score (nSPS) is 10.4. The topological polar surface area (TPSA) is 93.0 Å². The van der Waals surface area contributed by atoms with Crippen LogP contribution >= 0.6 is 11.3 Å². The number of halogens is 2.